The summed E-state index contributed by atoms with van der Waals surface area (Å²) in [7, 11) is 1.68. The van der Waals surface area contributed by atoms with Gasteiger partial charge in [0.05, 0.1) is 13.7 Å². The van der Waals surface area contributed by atoms with Crippen LogP contribution in [-0.4, -0.2) is 20.3 Å². The van der Waals surface area contributed by atoms with E-state index in [2.05, 4.69) is 42.0 Å². The Bertz CT molecular complexity index is 408. The van der Waals surface area contributed by atoms with Crippen molar-refractivity contribution in [2.75, 3.05) is 20.3 Å². The van der Waals surface area contributed by atoms with Gasteiger partial charge in [-0.3, -0.25) is 0 Å². The predicted molar refractivity (Wildman–Crippen MR) is 87.6 cm³/mol. The topological polar surface area (TPSA) is 30.5 Å². The molecule has 0 atom stereocenters. The SMILES string of the molecule is CCCOc1c(OC)ccc(Br)c1CNCCC(C)C. The average Bonchev–Trinajstić information content (AvgIpc) is 2.42. The van der Waals surface area contributed by atoms with Crippen LogP contribution < -0.4 is 14.8 Å². The molecule has 4 heteroatoms. The van der Waals surface area contributed by atoms with E-state index in [0.29, 0.717) is 12.5 Å². The van der Waals surface area contributed by atoms with E-state index in [0.717, 1.165) is 41.0 Å². The molecule has 0 saturated heterocycles. The third kappa shape index (κ3) is 5.33. The van der Waals surface area contributed by atoms with Crippen LogP contribution in [0.2, 0.25) is 0 Å². The molecule has 114 valence electrons. The van der Waals surface area contributed by atoms with Gasteiger partial charge in [0.15, 0.2) is 11.5 Å². The summed E-state index contributed by atoms with van der Waals surface area (Å²) < 4.78 is 12.3. The summed E-state index contributed by atoms with van der Waals surface area (Å²) in [6.07, 6.45) is 2.16. The van der Waals surface area contributed by atoms with Gasteiger partial charge in [-0.1, -0.05) is 36.7 Å². The van der Waals surface area contributed by atoms with Crippen LogP contribution in [0.15, 0.2) is 16.6 Å². The van der Waals surface area contributed by atoms with Crippen molar-refractivity contribution in [2.45, 2.75) is 40.2 Å². The molecule has 3 nitrogen and oxygen atoms in total. The molecule has 0 fully saturated rings. The third-order valence-electron chi connectivity index (χ3n) is 3.04. The van der Waals surface area contributed by atoms with Gasteiger partial charge in [0, 0.05) is 16.6 Å². The lowest BCUT2D eigenvalue weighted by Gasteiger charge is -2.17. The molecule has 20 heavy (non-hydrogen) atoms. The van der Waals surface area contributed by atoms with Crippen LogP contribution >= 0.6 is 15.9 Å². The highest BCUT2D eigenvalue weighted by atomic mass is 79.9. The van der Waals surface area contributed by atoms with Crippen molar-refractivity contribution in [3.63, 3.8) is 0 Å². The zero-order valence-electron chi connectivity index (χ0n) is 13.0. The molecule has 0 aliphatic rings. The second kappa shape index (κ2) is 9.24. The van der Waals surface area contributed by atoms with Crippen molar-refractivity contribution < 1.29 is 9.47 Å². The summed E-state index contributed by atoms with van der Waals surface area (Å²) in [5.74, 6) is 2.36. The molecule has 0 amide bonds. The zero-order valence-corrected chi connectivity index (χ0v) is 14.5. The fourth-order valence-corrected chi connectivity index (χ4v) is 2.33. The Morgan fingerprint density at radius 1 is 1.30 bits per heavy atom. The molecule has 0 aliphatic carbocycles. The number of hydrogen-bond acceptors (Lipinski definition) is 3. The fourth-order valence-electron chi connectivity index (χ4n) is 1.87. The Morgan fingerprint density at radius 2 is 2.05 bits per heavy atom. The Labute approximate surface area is 131 Å². The van der Waals surface area contributed by atoms with Crippen molar-refractivity contribution in [1.29, 1.82) is 0 Å². The monoisotopic (exact) mass is 343 g/mol. The number of hydrogen-bond donors (Lipinski definition) is 1. The molecule has 0 radical (unpaired) electrons. The molecule has 0 unspecified atom stereocenters. The van der Waals surface area contributed by atoms with Crippen molar-refractivity contribution >= 4 is 15.9 Å². The maximum atomic E-state index is 5.87. The second-order valence-corrected chi connectivity index (χ2v) is 6.12. The zero-order chi connectivity index (χ0) is 15.0. The molecule has 1 aromatic rings. The van der Waals surface area contributed by atoms with Gasteiger partial charge in [0.25, 0.3) is 0 Å². The highest BCUT2D eigenvalue weighted by Crippen LogP contribution is 2.36. The summed E-state index contributed by atoms with van der Waals surface area (Å²) in [5, 5.41) is 3.48. The van der Waals surface area contributed by atoms with Gasteiger partial charge in [-0.05, 0) is 37.4 Å². The molecule has 1 N–H and O–H groups in total. The normalized spacial score (nSPS) is 10.9. The first-order valence-corrected chi connectivity index (χ1v) is 8.08. The van der Waals surface area contributed by atoms with Crippen molar-refractivity contribution in [2.24, 2.45) is 5.92 Å². The van der Waals surface area contributed by atoms with Gasteiger partial charge in [0.1, 0.15) is 0 Å². The first-order valence-electron chi connectivity index (χ1n) is 7.29. The molecule has 0 saturated carbocycles. The van der Waals surface area contributed by atoms with E-state index >= 15 is 0 Å². The number of methoxy groups -OCH3 is 1. The minimum atomic E-state index is 0.700. The minimum Gasteiger partial charge on any atom is -0.493 e. The van der Waals surface area contributed by atoms with Gasteiger partial charge >= 0.3 is 0 Å². The van der Waals surface area contributed by atoms with Gasteiger partial charge < -0.3 is 14.8 Å². The number of rotatable bonds is 9. The number of ether oxygens (including phenoxy) is 2. The molecular formula is C16H26BrNO2. The van der Waals surface area contributed by atoms with Crippen LogP contribution in [0.25, 0.3) is 0 Å². The molecule has 1 rings (SSSR count). The van der Waals surface area contributed by atoms with Crippen LogP contribution in [0.4, 0.5) is 0 Å². The molecule has 0 bridgehead atoms. The molecule has 0 heterocycles. The highest BCUT2D eigenvalue weighted by Gasteiger charge is 2.14. The van der Waals surface area contributed by atoms with Gasteiger partial charge in [0.2, 0.25) is 0 Å². The van der Waals surface area contributed by atoms with Crippen molar-refractivity contribution in [3.8, 4) is 11.5 Å². The van der Waals surface area contributed by atoms with Gasteiger partial charge in [-0.25, -0.2) is 0 Å². The lowest BCUT2D eigenvalue weighted by molar-refractivity contribution is 0.290. The standard InChI is InChI=1S/C16H26BrNO2/c1-5-10-20-16-13(11-18-9-8-12(2)3)14(17)6-7-15(16)19-4/h6-7,12,18H,5,8-11H2,1-4H3. The van der Waals surface area contributed by atoms with Crippen LogP contribution in [0, 0.1) is 5.92 Å². The van der Waals surface area contributed by atoms with Crippen LogP contribution in [0.3, 0.4) is 0 Å². The number of halogens is 1. The number of nitrogens with one attached hydrogen (secondary N) is 1. The van der Waals surface area contributed by atoms with Crippen LogP contribution in [0.1, 0.15) is 39.2 Å². The van der Waals surface area contributed by atoms with E-state index in [9.17, 15) is 0 Å². The van der Waals surface area contributed by atoms with E-state index in [1.807, 2.05) is 12.1 Å². The van der Waals surface area contributed by atoms with Gasteiger partial charge in [-0.15, -0.1) is 0 Å². The number of benzene rings is 1. The maximum absolute atomic E-state index is 5.87. The molecule has 0 spiro atoms. The highest BCUT2D eigenvalue weighted by molar-refractivity contribution is 9.10. The largest absolute Gasteiger partial charge is 0.493 e. The van der Waals surface area contributed by atoms with Gasteiger partial charge in [-0.2, -0.15) is 0 Å². The summed E-state index contributed by atoms with van der Waals surface area (Å²) in [6.45, 7) is 9.06. The van der Waals surface area contributed by atoms with Crippen LogP contribution in [0.5, 0.6) is 11.5 Å². The first kappa shape index (κ1) is 17.3. The molecule has 1 aromatic carbocycles. The summed E-state index contributed by atoms with van der Waals surface area (Å²) >= 11 is 3.61. The molecular weight excluding hydrogens is 318 g/mol. The Morgan fingerprint density at radius 3 is 2.65 bits per heavy atom. The fraction of sp³-hybridized carbons (Fsp3) is 0.625. The van der Waals surface area contributed by atoms with E-state index in [4.69, 9.17) is 9.47 Å². The lowest BCUT2D eigenvalue weighted by atomic mass is 10.1. The van der Waals surface area contributed by atoms with E-state index in [-0.39, 0.29) is 0 Å². The van der Waals surface area contributed by atoms with Crippen molar-refractivity contribution in [1.82, 2.24) is 5.32 Å². The quantitative estimate of drug-likeness (QED) is 0.674. The Kier molecular flexibility index (Phi) is 8.00. The third-order valence-corrected chi connectivity index (χ3v) is 3.78. The van der Waals surface area contributed by atoms with E-state index in [1.165, 1.54) is 6.42 Å². The predicted octanol–water partition coefficient (Wildman–Crippen LogP) is 4.38. The summed E-state index contributed by atoms with van der Waals surface area (Å²) in [6, 6.07) is 3.95. The first-order chi connectivity index (χ1) is 9.60. The lowest BCUT2D eigenvalue weighted by Crippen LogP contribution is -2.17. The summed E-state index contributed by atoms with van der Waals surface area (Å²) in [5.41, 5.74) is 1.13. The Hall–Kier alpha value is -0.740. The maximum Gasteiger partial charge on any atom is 0.166 e. The Balaban J connectivity index is 2.79. The van der Waals surface area contributed by atoms with E-state index in [1.54, 1.807) is 7.11 Å². The van der Waals surface area contributed by atoms with Crippen molar-refractivity contribution in [3.05, 3.63) is 22.2 Å². The smallest absolute Gasteiger partial charge is 0.166 e. The van der Waals surface area contributed by atoms with Crippen LogP contribution in [-0.2, 0) is 6.54 Å². The average molecular weight is 344 g/mol. The summed E-state index contributed by atoms with van der Waals surface area (Å²) in [4.78, 5) is 0. The molecule has 0 aliphatic heterocycles. The second-order valence-electron chi connectivity index (χ2n) is 5.27. The van der Waals surface area contributed by atoms with E-state index < -0.39 is 0 Å². The molecule has 0 aromatic heterocycles. The minimum absolute atomic E-state index is 0.700.